The molecule has 0 fully saturated rings. The fraction of sp³-hybridized carbons (Fsp3) is 0.111. The second kappa shape index (κ2) is 6.71. The minimum atomic E-state index is -0.339. The van der Waals surface area contributed by atoms with E-state index in [9.17, 15) is 9.90 Å². The smallest absolute Gasteiger partial charge is 0.284 e. The summed E-state index contributed by atoms with van der Waals surface area (Å²) in [5.74, 6) is -0.148. The third kappa shape index (κ3) is 3.32. The topological polar surface area (TPSA) is 58.9 Å². The summed E-state index contributed by atoms with van der Waals surface area (Å²) in [5.41, 5.74) is 2.44. The Morgan fingerprint density at radius 2 is 1.96 bits per heavy atom. The molecule has 2 aromatic rings. The van der Waals surface area contributed by atoms with E-state index in [0.29, 0.717) is 20.5 Å². The second-order valence-corrected chi connectivity index (χ2v) is 6.71. The number of benzene rings is 2. The van der Waals surface area contributed by atoms with Gasteiger partial charge in [-0.2, -0.15) is 0 Å². The fourth-order valence-electron chi connectivity index (χ4n) is 2.23. The average molecular weight is 360 g/mol. The number of nitrogens with zero attached hydrogens (tertiary/aromatic N) is 1. The number of phenolic OH excluding ortho intramolecular Hbond substituents is 1. The van der Waals surface area contributed by atoms with Crippen LogP contribution >= 0.6 is 23.4 Å². The predicted octanol–water partition coefficient (Wildman–Crippen LogP) is 4.42. The van der Waals surface area contributed by atoms with E-state index < -0.39 is 0 Å². The second-order valence-electron chi connectivity index (χ2n) is 5.24. The number of thioether (sulfide) groups is 1. The van der Waals surface area contributed by atoms with Gasteiger partial charge in [0, 0.05) is 22.2 Å². The number of methoxy groups -OCH3 is 1. The lowest BCUT2D eigenvalue weighted by Gasteiger charge is -2.07. The summed E-state index contributed by atoms with van der Waals surface area (Å²) in [7, 11) is 1.44. The first kappa shape index (κ1) is 16.6. The van der Waals surface area contributed by atoms with Crippen LogP contribution in [0.1, 0.15) is 16.7 Å². The van der Waals surface area contributed by atoms with Gasteiger partial charge in [0.15, 0.2) is 11.5 Å². The molecule has 0 aromatic heterocycles. The first-order chi connectivity index (χ1) is 11.5. The lowest BCUT2D eigenvalue weighted by molar-refractivity contribution is -0.113. The molecule has 0 aliphatic carbocycles. The standard InChI is InChI=1S/C18H14ClNO3S/c1-10-3-5-11(6-4-10)18-20-17(22)15(24-18)8-12-7-13(19)9-14(23-2)16(12)21/h3-9,21H,1-2H3/b15-8+. The van der Waals surface area contributed by atoms with Crippen molar-refractivity contribution in [1.82, 2.24) is 0 Å². The van der Waals surface area contributed by atoms with Gasteiger partial charge in [-0.25, -0.2) is 4.99 Å². The fourth-order valence-corrected chi connectivity index (χ4v) is 3.36. The molecule has 0 saturated carbocycles. The Bertz CT molecular complexity index is 873. The Labute approximate surface area is 148 Å². The minimum absolute atomic E-state index is 0.0633. The van der Waals surface area contributed by atoms with Crippen LogP contribution in [0, 0.1) is 6.92 Å². The monoisotopic (exact) mass is 359 g/mol. The Balaban J connectivity index is 1.93. The number of amides is 1. The van der Waals surface area contributed by atoms with Crippen LogP contribution in [0.3, 0.4) is 0 Å². The summed E-state index contributed by atoms with van der Waals surface area (Å²) in [4.78, 5) is 16.7. The van der Waals surface area contributed by atoms with Gasteiger partial charge in [0.2, 0.25) is 0 Å². The third-order valence-corrected chi connectivity index (χ3v) is 4.75. The first-order valence-electron chi connectivity index (χ1n) is 7.14. The highest BCUT2D eigenvalue weighted by molar-refractivity contribution is 8.19. The van der Waals surface area contributed by atoms with Gasteiger partial charge in [0.1, 0.15) is 5.04 Å². The summed E-state index contributed by atoms with van der Waals surface area (Å²) in [6.45, 7) is 2.00. The lowest BCUT2D eigenvalue weighted by Crippen LogP contribution is -1.90. The van der Waals surface area contributed by atoms with Crippen molar-refractivity contribution in [3.63, 3.8) is 0 Å². The van der Waals surface area contributed by atoms with Crippen LogP contribution in [0.5, 0.6) is 11.5 Å². The molecule has 2 aromatic carbocycles. The zero-order valence-corrected chi connectivity index (χ0v) is 14.6. The maximum atomic E-state index is 12.2. The van der Waals surface area contributed by atoms with E-state index in [2.05, 4.69) is 4.99 Å². The van der Waals surface area contributed by atoms with Crippen LogP contribution in [-0.2, 0) is 4.79 Å². The van der Waals surface area contributed by atoms with Crippen LogP contribution in [0.4, 0.5) is 0 Å². The lowest BCUT2D eigenvalue weighted by atomic mass is 10.1. The molecule has 1 heterocycles. The first-order valence-corrected chi connectivity index (χ1v) is 8.33. The third-order valence-electron chi connectivity index (χ3n) is 3.49. The molecular formula is C18H14ClNO3S. The van der Waals surface area contributed by atoms with E-state index >= 15 is 0 Å². The van der Waals surface area contributed by atoms with Gasteiger partial charge in [0.05, 0.1) is 12.0 Å². The molecular weight excluding hydrogens is 346 g/mol. The molecule has 6 heteroatoms. The maximum absolute atomic E-state index is 12.2. The van der Waals surface area contributed by atoms with Crippen LogP contribution in [0.15, 0.2) is 46.3 Å². The van der Waals surface area contributed by atoms with E-state index in [1.54, 1.807) is 12.1 Å². The Kier molecular flexibility index (Phi) is 4.64. The molecule has 0 unspecified atom stereocenters. The number of hydrogen-bond acceptors (Lipinski definition) is 4. The highest BCUT2D eigenvalue weighted by Gasteiger charge is 2.23. The molecule has 3 rings (SSSR count). The zero-order valence-electron chi connectivity index (χ0n) is 13.0. The van der Waals surface area contributed by atoms with Gasteiger partial charge < -0.3 is 9.84 Å². The molecule has 1 N–H and O–H groups in total. The summed E-state index contributed by atoms with van der Waals surface area (Å²) in [5, 5.41) is 11.2. The van der Waals surface area contributed by atoms with Crippen molar-refractivity contribution >= 4 is 40.4 Å². The molecule has 1 amide bonds. The molecule has 0 saturated heterocycles. The van der Waals surface area contributed by atoms with Crippen molar-refractivity contribution in [2.45, 2.75) is 6.92 Å². The number of carbonyl (C=O) groups is 1. The molecule has 4 nitrogen and oxygen atoms in total. The number of ether oxygens (including phenoxy) is 1. The number of aromatic hydroxyl groups is 1. The van der Waals surface area contributed by atoms with Gasteiger partial charge >= 0.3 is 0 Å². The highest BCUT2D eigenvalue weighted by Crippen LogP contribution is 2.38. The summed E-state index contributed by atoms with van der Waals surface area (Å²) < 4.78 is 5.08. The summed E-state index contributed by atoms with van der Waals surface area (Å²) in [6.07, 6.45) is 1.57. The molecule has 1 aliphatic heterocycles. The molecule has 24 heavy (non-hydrogen) atoms. The van der Waals surface area contributed by atoms with Crippen molar-refractivity contribution in [2.24, 2.45) is 4.99 Å². The van der Waals surface area contributed by atoms with E-state index in [1.165, 1.54) is 24.9 Å². The van der Waals surface area contributed by atoms with Gasteiger partial charge in [-0.05, 0) is 19.1 Å². The number of aliphatic imine (C=N–C) groups is 1. The van der Waals surface area contributed by atoms with E-state index in [1.807, 2.05) is 31.2 Å². The van der Waals surface area contributed by atoms with E-state index in [-0.39, 0.29) is 17.4 Å². The average Bonchev–Trinajstić information content (AvgIpc) is 2.92. The van der Waals surface area contributed by atoms with Gasteiger partial charge in [-0.3, -0.25) is 4.79 Å². The van der Waals surface area contributed by atoms with Crippen molar-refractivity contribution in [2.75, 3.05) is 7.11 Å². The van der Waals surface area contributed by atoms with Gasteiger partial charge in [0.25, 0.3) is 5.91 Å². The molecule has 122 valence electrons. The summed E-state index contributed by atoms with van der Waals surface area (Å²) in [6, 6.07) is 10.9. The number of rotatable bonds is 3. The van der Waals surface area contributed by atoms with E-state index in [4.69, 9.17) is 16.3 Å². The highest BCUT2D eigenvalue weighted by atomic mass is 35.5. The molecule has 0 bridgehead atoms. The predicted molar refractivity (Wildman–Crippen MR) is 98.0 cm³/mol. The van der Waals surface area contributed by atoms with Crippen molar-refractivity contribution in [3.05, 3.63) is 63.0 Å². The summed E-state index contributed by atoms with van der Waals surface area (Å²) >= 11 is 7.29. The number of aryl methyl sites for hydroxylation is 1. The minimum Gasteiger partial charge on any atom is -0.504 e. The SMILES string of the molecule is COc1cc(Cl)cc(/C=C2/SC(c3ccc(C)cc3)=NC2=O)c1O. The Morgan fingerprint density at radius 1 is 1.25 bits per heavy atom. The number of phenols is 1. The largest absolute Gasteiger partial charge is 0.504 e. The van der Waals surface area contributed by atoms with Crippen LogP contribution in [0.2, 0.25) is 5.02 Å². The molecule has 0 radical (unpaired) electrons. The quantitative estimate of drug-likeness (QED) is 0.824. The van der Waals surface area contributed by atoms with Crippen molar-refractivity contribution in [3.8, 4) is 11.5 Å². The number of halogens is 1. The maximum Gasteiger partial charge on any atom is 0.284 e. The normalized spacial score (nSPS) is 15.7. The van der Waals surface area contributed by atoms with E-state index in [0.717, 1.165) is 11.1 Å². The molecule has 1 aliphatic rings. The molecule has 0 atom stereocenters. The molecule has 0 spiro atoms. The van der Waals surface area contributed by atoms with Crippen LogP contribution < -0.4 is 4.74 Å². The number of hydrogen-bond donors (Lipinski definition) is 1. The Hall–Kier alpha value is -2.24. The Morgan fingerprint density at radius 3 is 2.62 bits per heavy atom. The van der Waals surface area contributed by atoms with Gasteiger partial charge in [-0.1, -0.05) is 53.2 Å². The van der Waals surface area contributed by atoms with Crippen molar-refractivity contribution in [1.29, 1.82) is 0 Å². The van der Waals surface area contributed by atoms with Crippen LogP contribution in [0.25, 0.3) is 6.08 Å². The van der Waals surface area contributed by atoms with Gasteiger partial charge in [-0.15, -0.1) is 0 Å². The van der Waals surface area contributed by atoms with Crippen LogP contribution in [-0.4, -0.2) is 23.2 Å². The van der Waals surface area contributed by atoms with Crippen molar-refractivity contribution < 1.29 is 14.6 Å². The zero-order chi connectivity index (χ0) is 17.3. The number of carbonyl (C=O) groups excluding carboxylic acids is 1.